The third-order valence-electron chi connectivity index (χ3n) is 3.32. The minimum absolute atomic E-state index is 0.393. The van der Waals surface area contributed by atoms with Crippen LogP contribution in [0, 0.1) is 0 Å². The van der Waals surface area contributed by atoms with Crippen LogP contribution < -0.4 is 11.2 Å². The molecule has 2 aromatic rings. The summed E-state index contributed by atoms with van der Waals surface area (Å²) >= 11 is 1.41. The van der Waals surface area contributed by atoms with E-state index in [2.05, 4.69) is 11.6 Å². The van der Waals surface area contributed by atoms with Crippen LogP contribution in [0.1, 0.15) is 6.23 Å². The molecule has 7 heteroatoms. The van der Waals surface area contributed by atoms with Crippen molar-refractivity contribution in [1.29, 1.82) is 0 Å². The summed E-state index contributed by atoms with van der Waals surface area (Å²) in [6, 6.07) is 10.8. The number of H-pyrrole nitrogens is 1. The van der Waals surface area contributed by atoms with Crippen LogP contribution in [-0.2, 0) is 4.74 Å². The zero-order chi connectivity index (χ0) is 15.7. The van der Waals surface area contributed by atoms with E-state index < -0.39 is 28.8 Å². The van der Waals surface area contributed by atoms with E-state index in [1.807, 2.05) is 30.3 Å². The molecule has 0 bridgehead atoms. The number of aliphatic hydroxyl groups is 1. The number of aromatic amines is 1. The van der Waals surface area contributed by atoms with Gasteiger partial charge in [-0.2, -0.15) is 0 Å². The van der Waals surface area contributed by atoms with Crippen LogP contribution in [0.15, 0.2) is 69.4 Å². The first-order chi connectivity index (χ1) is 10.6. The number of nitrogens with one attached hydrogen (secondary N) is 1. The molecule has 0 aliphatic carbocycles. The molecule has 3 rings (SSSR count). The average Bonchev–Trinajstić information content (AvgIpc) is 2.76. The number of hydrogen-bond acceptors (Lipinski definition) is 5. The van der Waals surface area contributed by atoms with Crippen LogP contribution in [0.25, 0.3) is 0 Å². The highest BCUT2D eigenvalue weighted by Crippen LogP contribution is 2.40. The summed E-state index contributed by atoms with van der Waals surface area (Å²) in [7, 11) is 0. The van der Waals surface area contributed by atoms with Gasteiger partial charge in [-0.1, -0.05) is 24.8 Å². The van der Waals surface area contributed by atoms with Crippen molar-refractivity contribution in [3.8, 4) is 0 Å². The van der Waals surface area contributed by atoms with Gasteiger partial charge in [0.15, 0.2) is 0 Å². The Morgan fingerprint density at radius 2 is 1.95 bits per heavy atom. The normalized spacial score (nSPS) is 24.2. The Kier molecular flexibility index (Phi) is 3.91. The highest BCUT2D eigenvalue weighted by molar-refractivity contribution is 8.00. The van der Waals surface area contributed by atoms with E-state index in [0.717, 1.165) is 9.46 Å². The van der Waals surface area contributed by atoms with E-state index in [4.69, 9.17) is 4.74 Å². The minimum atomic E-state index is -0.957. The summed E-state index contributed by atoms with van der Waals surface area (Å²) in [5.74, 6) is 0.393. The molecule has 1 aliphatic rings. The standard InChI is InChI=1S/C15H14N2O4S/c1-9-13(22-10-5-3-2-4-6-10)12(19)14(21-9)17-8-7-11(18)16-15(17)20/h2-8,12-14,19H,1H2,(H,16,18,20)/t12-,13-,14+/m0/s1. The third-order valence-corrected chi connectivity index (χ3v) is 4.66. The Hall–Kier alpha value is -2.25. The van der Waals surface area contributed by atoms with Crippen LogP contribution in [0.4, 0.5) is 0 Å². The Balaban J connectivity index is 1.86. The van der Waals surface area contributed by atoms with Crippen molar-refractivity contribution in [3.63, 3.8) is 0 Å². The van der Waals surface area contributed by atoms with E-state index in [1.54, 1.807) is 0 Å². The van der Waals surface area contributed by atoms with Crippen molar-refractivity contribution < 1.29 is 9.84 Å². The number of rotatable bonds is 3. The summed E-state index contributed by atoms with van der Waals surface area (Å²) in [5.41, 5.74) is -1.13. The first-order valence-corrected chi connectivity index (χ1v) is 7.51. The predicted octanol–water partition coefficient (Wildman–Crippen LogP) is 1.10. The largest absolute Gasteiger partial charge is 0.471 e. The van der Waals surface area contributed by atoms with Crippen LogP contribution in [0.3, 0.4) is 0 Å². The smallest absolute Gasteiger partial charge is 0.331 e. The number of hydrogen-bond donors (Lipinski definition) is 2. The van der Waals surface area contributed by atoms with Gasteiger partial charge in [0.1, 0.15) is 11.9 Å². The van der Waals surface area contributed by atoms with E-state index in [1.165, 1.54) is 24.0 Å². The van der Waals surface area contributed by atoms with Crippen LogP contribution >= 0.6 is 11.8 Å². The lowest BCUT2D eigenvalue weighted by molar-refractivity contribution is 0.00624. The lowest BCUT2D eigenvalue weighted by atomic mass is 10.2. The summed E-state index contributed by atoms with van der Waals surface area (Å²) in [6.07, 6.45) is -0.558. The van der Waals surface area contributed by atoms with E-state index in [-0.39, 0.29) is 0 Å². The summed E-state index contributed by atoms with van der Waals surface area (Å²) in [4.78, 5) is 26.0. The Bertz CT molecular complexity index is 799. The van der Waals surface area contributed by atoms with Gasteiger partial charge in [0.05, 0.1) is 5.25 Å². The number of aromatic nitrogens is 2. The van der Waals surface area contributed by atoms with Crippen molar-refractivity contribution in [1.82, 2.24) is 9.55 Å². The zero-order valence-corrected chi connectivity index (χ0v) is 12.3. The first-order valence-electron chi connectivity index (χ1n) is 6.63. The Morgan fingerprint density at radius 3 is 2.64 bits per heavy atom. The van der Waals surface area contributed by atoms with Crippen molar-refractivity contribution >= 4 is 11.8 Å². The molecule has 1 aromatic carbocycles. The van der Waals surface area contributed by atoms with Crippen LogP contribution in [0.2, 0.25) is 0 Å². The minimum Gasteiger partial charge on any atom is -0.471 e. The molecule has 22 heavy (non-hydrogen) atoms. The second kappa shape index (κ2) is 5.86. The van der Waals surface area contributed by atoms with Crippen LogP contribution in [0.5, 0.6) is 0 Å². The molecule has 0 amide bonds. The van der Waals surface area contributed by atoms with Gasteiger partial charge in [-0.25, -0.2) is 4.79 Å². The molecular weight excluding hydrogens is 304 g/mol. The fourth-order valence-electron chi connectivity index (χ4n) is 2.26. The van der Waals surface area contributed by atoms with Gasteiger partial charge >= 0.3 is 5.69 Å². The summed E-state index contributed by atoms with van der Waals surface area (Å²) in [6.45, 7) is 3.81. The lowest BCUT2D eigenvalue weighted by Crippen LogP contribution is -2.36. The highest BCUT2D eigenvalue weighted by atomic mass is 32.2. The van der Waals surface area contributed by atoms with Gasteiger partial charge < -0.3 is 9.84 Å². The predicted molar refractivity (Wildman–Crippen MR) is 82.7 cm³/mol. The average molecular weight is 318 g/mol. The van der Waals surface area contributed by atoms with E-state index >= 15 is 0 Å². The second-order valence-electron chi connectivity index (χ2n) is 4.83. The molecule has 2 heterocycles. The second-order valence-corrected chi connectivity index (χ2v) is 6.05. The zero-order valence-electron chi connectivity index (χ0n) is 11.5. The Labute approximate surface area is 130 Å². The van der Waals surface area contributed by atoms with Crippen LogP contribution in [-0.4, -0.2) is 26.0 Å². The van der Waals surface area contributed by atoms with Crippen molar-refractivity contribution in [3.05, 3.63) is 75.8 Å². The number of benzene rings is 1. The molecule has 1 saturated heterocycles. The van der Waals surface area contributed by atoms with E-state index in [0.29, 0.717) is 5.76 Å². The molecule has 114 valence electrons. The van der Waals surface area contributed by atoms with Gasteiger partial charge in [0, 0.05) is 17.2 Å². The molecule has 2 N–H and O–H groups in total. The fraction of sp³-hybridized carbons (Fsp3) is 0.200. The molecular formula is C15H14N2O4S. The monoisotopic (exact) mass is 318 g/mol. The maximum atomic E-state index is 11.8. The fourth-order valence-corrected chi connectivity index (χ4v) is 3.33. The van der Waals surface area contributed by atoms with Crippen molar-refractivity contribution in [2.24, 2.45) is 0 Å². The molecule has 1 fully saturated rings. The topological polar surface area (TPSA) is 84.3 Å². The molecule has 0 saturated carbocycles. The molecule has 0 unspecified atom stereocenters. The summed E-state index contributed by atoms with van der Waals surface area (Å²) < 4.78 is 6.70. The van der Waals surface area contributed by atoms with E-state index in [9.17, 15) is 14.7 Å². The molecule has 0 radical (unpaired) electrons. The van der Waals surface area contributed by atoms with Crippen molar-refractivity contribution in [2.75, 3.05) is 0 Å². The number of aliphatic hydroxyl groups excluding tert-OH is 1. The maximum Gasteiger partial charge on any atom is 0.331 e. The third kappa shape index (κ3) is 2.72. The van der Waals surface area contributed by atoms with Gasteiger partial charge in [-0.3, -0.25) is 14.3 Å². The van der Waals surface area contributed by atoms with Gasteiger partial charge in [-0.15, -0.1) is 11.8 Å². The number of thioether (sulfide) groups is 1. The summed E-state index contributed by atoms with van der Waals surface area (Å²) in [5, 5.41) is 10.1. The number of nitrogens with zero attached hydrogens (tertiary/aromatic N) is 1. The lowest BCUT2D eigenvalue weighted by Gasteiger charge is -2.17. The quantitative estimate of drug-likeness (QED) is 0.885. The molecule has 0 spiro atoms. The Morgan fingerprint density at radius 1 is 1.23 bits per heavy atom. The van der Waals surface area contributed by atoms with Gasteiger partial charge in [0.2, 0.25) is 6.23 Å². The highest BCUT2D eigenvalue weighted by Gasteiger charge is 2.41. The number of ether oxygens (including phenoxy) is 1. The SMILES string of the molecule is C=C1O[C@@H](n2ccc(=O)[nH]c2=O)[C@@H](O)[C@H]1Sc1ccccc1. The van der Waals surface area contributed by atoms with Gasteiger partial charge in [0.25, 0.3) is 5.56 Å². The molecule has 1 aromatic heterocycles. The van der Waals surface area contributed by atoms with Crippen molar-refractivity contribution in [2.45, 2.75) is 22.5 Å². The molecule has 3 atom stereocenters. The first kappa shape index (κ1) is 14.7. The molecule has 6 nitrogen and oxygen atoms in total. The maximum absolute atomic E-state index is 11.8. The molecule has 1 aliphatic heterocycles. The van der Waals surface area contributed by atoms with Gasteiger partial charge in [-0.05, 0) is 12.1 Å².